The number of rotatable bonds is 4. The Labute approximate surface area is 135 Å². The molecule has 0 aliphatic rings. The van der Waals surface area contributed by atoms with E-state index in [1.807, 2.05) is 24.3 Å². The Morgan fingerprint density at radius 3 is 2.57 bits per heavy atom. The largest absolute Gasteiger partial charge is 0.508 e. The summed E-state index contributed by atoms with van der Waals surface area (Å²) in [6, 6.07) is 15.6. The molecule has 4 heteroatoms. The Bertz CT molecular complexity index is 851. The van der Waals surface area contributed by atoms with E-state index in [1.54, 1.807) is 16.8 Å². The molecule has 118 valence electrons. The summed E-state index contributed by atoms with van der Waals surface area (Å²) in [5.74, 6) is 0.0571. The Balaban J connectivity index is 2.21. The smallest absolute Gasteiger partial charge is 0.235 e. The molecule has 1 amide bonds. The molecule has 4 nitrogen and oxygen atoms in total. The summed E-state index contributed by atoms with van der Waals surface area (Å²) in [7, 11) is 0. The lowest BCUT2D eigenvalue weighted by Gasteiger charge is -2.11. The lowest BCUT2D eigenvalue weighted by Crippen LogP contribution is -2.21. The molecule has 0 fully saturated rings. The highest BCUT2D eigenvalue weighted by Gasteiger charge is 2.17. The molecule has 3 aromatic rings. The maximum atomic E-state index is 11.6. The van der Waals surface area contributed by atoms with Crippen LogP contribution in [-0.2, 0) is 17.6 Å². The van der Waals surface area contributed by atoms with Crippen LogP contribution in [0, 0.1) is 0 Å². The zero-order valence-electron chi connectivity index (χ0n) is 13.3. The van der Waals surface area contributed by atoms with Crippen molar-refractivity contribution in [1.82, 2.24) is 4.68 Å². The molecule has 2 aromatic carbocycles. The van der Waals surface area contributed by atoms with Crippen LogP contribution in [-0.4, -0.2) is 15.7 Å². The normalized spacial score (nSPS) is 10.9. The van der Waals surface area contributed by atoms with Gasteiger partial charge in [0.15, 0.2) is 0 Å². The number of phenols is 1. The number of benzene rings is 2. The van der Waals surface area contributed by atoms with Crippen molar-refractivity contribution in [3.8, 4) is 5.75 Å². The van der Waals surface area contributed by atoms with Gasteiger partial charge < -0.3 is 5.11 Å². The first kappa shape index (κ1) is 15.2. The summed E-state index contributed by atoms with van der Waals surface area (Å²) in [6.07, 6.45) is 1.58. The fourth-order valence-corrected chi connectivity index (χ4v) is 3.05. The van der Waals surface area contributed by atoms with E-state index in [2.05, 4.69) is 24.5 Å². The number of aromatic hydroxyl groups is 1. The van der Waals surface area contributed by atoms with Gasteiger partial charge in [-0.3, -0.25) is 14.9 Å². The van der Waals surface area contributed by atoms with E-state index in [4.69, 9.17) is 0 Å². The minimum atomic E-state index is -0.133. The van der Waals surface area contributed by atoms with Gasteiger partial charge in [0.25, 0.3) is 0 Å². The summed E-state index contributed by atoms with van der Waals surface area (Å²) in [5, 5.41) is 10.9. The topological polar surface area (TPSA) is 54.3 Å². The fraction of sp³-hybridized carbons (Fsp3) is 0.211. The number of phenolic OH excluding ortho intramolecular Hbond substituents is 1. The summed E-state index contributed by atoms with van der Waals surface area (Å²) < 4.78 is 1.80. The molecule has 0 saturated heterocycles. The second kappa shape index (κ2) is 6.16. The Hall–Kier alpha value is -2.75. The highest BCUT2D eigenvalue weighted by molar-refractivity contribution is 5.90. The zero-order chi connectivity index (χ0) is 16.4. The minimum absolute atomic E-state index is 0.133. The molecule has 0 spiro atoms. The number of nitrogens with zero attached hydrogens (tertiary/aromatic N) is 1. The molecular weight excluding hydrogens is 288 g/mol. The Kier molecular flexibility index (Phi) is 4.06. The third-order valence-corrected chi connectivity index (χ3v) is 3.99. The van der Waals surface area contributed by atoms with Gasteiger partial charge >= 0.3 is 0 Å². The number of aromatic nitrogens is 1. The van der Waals surface area contributed by atoms with Crippen LogP contribution in [0.2, 0.25) is 0 Å². The van der Waals surface area contributed by atoms with Crippen molar-refractivity contribution in [3.05, 3.63) is 65.4 Å². The van der Waals surface area contributed by atoms with E-state index >= 15 is 0 Å². The molecule has 1 aromatic heterocycles. The molecule has 0 bridgehead atoms. The first-order valence-electron chi connectivity index (χ1n) is 7.77. The first-order valence-corrected chi connectivity index (χ1v) is 7.77. The predicted molar refractivity (Wildman–Crippen MR) is 92.3 cm³/mol. The van der Waals surface area contributed by atoms with Gasteiger partial charge in [0.05, 0.1) is 5.52 Å². The summed E-state index contributed by atoms with van der Waals surface area (Å²) in [4.78, 5) is 11.6. The van der Waals surface area contributed by atoms with Gasteiger partial charge in [-0.15, -0.1) is 0 Å². The van der Waals surface area contributed by atoms with Crippen molar-refractivity contribution < 1.29 is 9.90 Å². The van der Waals surface area contributed by atoms with Crippen LogP contribution in [0.1, 0.15) is 30.7 Å². The van der Waals surface area contributed by atoms with Crippen LogP contribution in [0.4, 0.5) is 0 Å². The summed E-state index contributed by atoms with van der Waals surface area (Å²) >= 11 is 0. The molecular formula is C19H20N2O2. The number of carbonyl (C=O) groups excluding carboxylic acids is 1. The fourth-order valence-electron chi connectivity index (χ4n) is 3.05. The number of carbonyl (C=O) groups is 1. The van der Waals surface area contributed by atoms with Crippen molar-refractivity contribution in [2.24, 2.45) is 0 Å². The lowest BCUT2D eigenvalue weighted by molar-refractivity contribution is -0.115. The van der Waals surface area contributed by atoms with E-state index in [-0.39, 0.29) is 11.7 Å². The van der Waals surface area contributed by atoms with Gasteiger partial charge in [-0.05, 0) is 36.1 Å². The maximum absolute atomic E-state index is 11.6. The Morgan fingerprint density at radius 2 is 1.91 bits per heavy atom. The molecule has 0 saturated carbocycles. The molecule has 1 heterocycles. The van der Waals surface area contributed by atoms with Crippen molar-refractivity contribution in [2.45, 2.75) is 26.7 Å². The van der Waals surface area contributed by atoms with Crippen LogP contribution in [0.3, 0.4) is 0 Å². The predicted octanol–water partition coefficient (Wildman–Crippen LogP) is 3.59. The number of amides is 1. The quantitative estimate of drug-likeness (QED) is 0.774. The van der Waals surface area contributed by atoms with Crippen LogP contribution < -0.4 is 5.43 Å². The zero-order valence-corrected chi connectivity index (χ0v) is 13.3. The highest BCUT2D eigenvalue weighted by Crippen LogP contribution is 2.30. The molecule has 0 radical (unpaired) electrons. The summed E-state index contributed by atoms with van der Waals surface area (Å²) in [5.41, 5.74) is 7.15. The van der Waals surface area contributed by atoms with E-state index in [0.29, 0.717) is 0 Å². The minimum Gasteiger partial charge on any atom is -0.508 e. The van der Waals surface area contributed by atoms with Crippen LogP contribution in [0.25, 0.3) is 10.9 Å². The molecule has 23 heavy (non-hydrogen) atoms. The average Bonchev–Trinajstić information content (AvgIpc) is 2.80. The maximum Gasteiger partial charge on any atom is 0.235 e. The lowest BCUT2D eigenvalue weighted by atomic mass is 10.0. The van der Waals surface area contributed by atoms with Crippen LogP contribution in [0.15, 0.2) is 48.5 Å². The first-order chi connectivity index (χ1) is 11.1. The Morgan fingerprint density at radius 1 is 1.17 bits per heavy atom. The molecule has 2 N–H and O–H groups in total. The number of hydrogen-bond donors (Lipinski definition) is 2. The monoisotopic (exact) mass is 308 g/mol. The molecule has 0 unspecified atom stereocenters. The van der Waals surface area contributed by atoms with Gasteiger partial charge in [0.1, 0.15) is 5.75 Å². The number of fused-ring (bicyclic) bond motifs is 1. The van der Waals surface area contributed by atoms with Gasteiger partial charge in [-0.25, -0.2) is 0 Å². The standard InChI is InChI=1S/C19H20N2O2/c1-3-18-17(11-14-7-5-4-6-8-14)16-10-9-15(23)12-19(16)21(18)20-13(2)22/h4-10,12,23H,3,11H2,1-2H3,(H,20,22). The van der Waals surface area contributed by atoms with Gasteiger partial charge in [0.2, 0.25) is 5.91 Å². The molecule has 3 rings (SSSR count). The molecule has 0 aliphatic carbocycles. The van der Waals surface area contributed by atoms with E-state index in [9.17, 15) is 9.90 Å². The third-order valence-electron chi connectivity index (χ3n) is 3.99. The van der Waals surface area contributed by atoms with Crippen LogP contribution >= 0.6 is 0 Å². The van der Waals surface area contributed by atoms with Crippen molar-refractivity contribution >= 4 is 16.8 Å². The van der Waals surface area contributed by atoms with Crippen molar-refractivity contribution in [2.75, 3.05) is 5.43 Å². The van der Waals surface area contributed by atoms with E-state index in [1.165, 1.54) is 18.1 Å². The third kappa shape index (κ3) is 2.93. The van der Waals surface area contributed by atoms with E-state index in [0.717, 1.165) is 29.4 Å². The molecule has 0 atom stereocenters. The van der Waals surface area contributed by atoms with Gasteiger partial charge in [-0.2, -0.15) is 0 Å². The van der Waals surface area contributed by atoms with Gasteiger partial charge in [0, 0.05) is 24.1 Å². The summed E-state index contributed by atoms with van der Waals surface area (Å²) in [6.45, 7) is 3.56. The SMILES string of the molecule is CCc1c(Cc2ccccc2)c2ccc(O)cc2n1NC(C)=O. The van der Waals surface area contributed by atoms with E-state index < -0.39 is 0 Å². The van der Waals surface area contributed by atoms with Crippen LogP contribution in [0.5, 0.6) is 5.75 Å². The number of hydrogen-bond acceptors (Lipinski definition) is 2. The number of nitrogens with one attached hydrogen (secondary N) is 1. The second-order valence-corrected chi connectivity index (χ2v) is 5.65. The highest BCUT2D eigenvalue weighted by atomic mass is 16.3. The van der Waals surface area contributed by atoms with Gasteiger partial charge in [-0.1, -0.05) is 37.3 Å². The van der Waals surface area contributed by atoms with Crippen molar-refractivity contribution in [3.63, 3.8) is 0 Å². The average molecular weight is 308 g/mol. The van der Waals surface area contributed by atoms with Crippen molar-refractivity contribution in [1.29, 1.82) is 0 Å². The molecule has 0 aliphatic heterocycles. The second-order valence-electron chi connectivity index (χ2n) is 5.65.